The van der Waals surface area contributed by atoms with Gasteiger partial charge >= 0.3 is 6.03 Å². The summed E-state index contributed by atoms with van der Waals surface area (Å²) in [5, 5.41) is 11.3. The lowest BCUT2D eigenvalue weighted by molar-refractivity contribution is -0.144. The molecule has 3 unspecified atom stereocenters. The third kappa shape index (κ3) is 7.14. The molecule has 2 aliphatic rings. The Hall–Kier alpha value is -3.21. The standard InChI is InChI=1S/C22H31FN6O4/c23-14-4-1-5-15(12-14)27-22(33)28-16-8-11-29(21(32)17-6-2-9-25-17)18(13-16)20(31)26-10-3-7-19(24)30/h1,4-5,12,16-18,25H,2-3,6-11,13H2,(H2,24,30)(H,26,31)(H2,27,28,33). The summed E-state index contributed by atoms with van der Waals surface area (Å²) in [4.78, 5) is 50.8. The average molecular weight is 463 g/mol. The predicted molar refractivity (Wildman–Crippen MR) is 120 cm³/mol. The number of primary amides is 1. The van der Waals surface area contributed by atoms with Crippen LogP contribution in [-0.2, 0) is 14.4 Å². The maximum atomic E-state index is 13.4. The van der Waals surface area contributed by atoms with Gasteiger partial charge in [0.1, 0.15) is 11.9 Å². The SMILES string of the molecule is NC(=O)CCCNC(=O)C1CC(NC(=O)Nc2cccc(F)c2)CCN1C(=O)C1CCCN1. The summed E-state index contributed by atoms with van der Waals surface area (Å²) in [6.45, 7) is 1.35. The van der Waals surface area contributed by atoms with Crippen molar-refractivity contribution in [3.8, 4) is 0 Å². The summed E-state index contributed by atoms with van der Waals surface area (Å²) >= 11 is 0. The molecule has 6 N–H and O–H groups in total. The van der Waals surface area contributed by atoms with E-state index in [2.05, 4.69) is 21.3 Å². The largest absolute Gasteiger partial charge is 0.370 e. The number of carbonyl (C=O) groups is 4. The van der Waals surface area contributed by atoms with E-state index in [4.69, 9.17) is 5.73 Å². The molecule has 10 nitrogen and oxygen atoms in total. The highest BCUT2D eigenvalue weighted by atomic mass is 19.1. The zero-order valence-electron chi connectivity index (χ0n) is 18.4. The van der Waals surface area contributed by atoms with E-state index in [0.717, 1.165) is 19.4 Å². The van der Waals surface area contributed by atoms with Crippen LogP contribution in [0.5, 0.6) is 0 Å². The molecule has 5 amide bonds. The Morgan fingerprint density at radius 1 is 1.21 bits per heavy atom. The van der Waals surface area contributed by atoms with Crippen LogP contribution in [-0.4, -0.2) is 66.4 Å². The Balaban J connectivity index is 1.61. The third-order valence-corrected chi connectivity index (χ3v) is 5.86. The maximum Gasteiger partial charge on any atom is 0.319 e. The first-order chi connectivity index (χ1) is 15.8. The number of hydrogen-bond acceptors (Lipinski definition) is 5. The van der Waals surface area contributed by atoms with Gasteiger partial charge in [-0.15, -0.1) is 0 Å². The summed E-state index contributed by atoms with van der Waals surface area (Å²) < 4.78 is 13.4. The lowest BCUT2D eigenvalue weighted by Gasteiger charge is -2.40. The number of nitrogens with zero attached hydrogens (tertiary/aromatic N) is 1. The van der Waals surface area contributed by atoms with Crippen molar-refractivity contribution in [1.29, 1.82) is 0 Å². The van der Waals surface area contributed by atoms with Crippen LogP contribution in [0.2, 0.25) is 0 Å². The van der Waals surface area contributed by atoms with Gasteiger partial charge in [0.15, 0.2) is 0 Å². The predicted octanol–water partition coefficient (Wildman–Crippen LogP) is 0.441. The molecule has 0 aromatic heterocycles. The maximum absolute atomic E-state index is 13.4. The van der Waals surface area contributed by atoms with E-state index in [1.165, 1.54) is 18.2 Å². The number of piperidine rings is 1. The minimum atomic E-state index is -0.748. The van der Waals surface area contributed by atoms with E-state index < -0.39 is 23.8 Å². The van der Waals surface area contributed by atoms with Crippen molar-refractivity contribution in [3.05, 3.63) is 30.1 Å². The zero-order chi connectivity index (χ0) is 23.8. The second-order valence-electron chi connectivity index (χ2n) is 8.39. The number of amides is 5. The van der Waals surface area contributed by atoms with Crippen LogP contribution in [0.15, 0.2) is 24.3 Å². The summed E-state index contributed by atoms with van der Waals surface area (Å²) in [5.41, 5.74) is 5.45. The van der Waals surface area contributed by atoms with Crippen LogP contribution in [0.1, 0.15) is 38.5 Å². The van der Waals surface area contributed by atoms with Crippen LogP contribution in [0.25, 0.3) is 0 Å². The second kappa shape index (κ2) is 11.6. The number of anilines is 1. The molecule has 180 valence electrons. The Bertz CT molecular complexity index is 876. The molecule has 3 rings (SSSR count). The van der Waals surface area contributed by atoms with Gasteiger partial charge in [-0.1, -0.05) is 6.07 Å². The molecule has 2 aliphatic heterocycles. The van der Waals surface area contributed by atoms with Gasteiger partial charge < -0.3 is 31.9 Å². The fourth-order valence-electron chi connectivity index (χ4n) is 4.22. The first kappa shape index (κ1) is 24.4. The Labute approximate surface area is 191 Å². The van der Waals surface area contributed by atoms with Gasteiger partial charge in [0, 0.05) is 31.2 Å². The van der Waals surface area contributed by atoms with E-state index in [9.17, 15) is 23.6 Å². The molecule has 0 spiro atoms. The number of hydrogen-bond donors (Lipinski definition) is 5. The normalized spacial score (nSPS) is 22.5. The molecule has 0 radical (unpaired) electrons. The summed E-state index contributed by atoms with van der Waals surface area (Å²) in [6.07, 6.45) is 2.92. The van der Waals surface area contributed by atoms with Crippen molar-refractivity contribution < 1.29 is 23.6 Å². The van der Waals surface area contributed by atoms with Gasteiger partial charge in [-0.2, -0.15) is 0 Å². The lowest BCUT2D eigenvalue weighted by Crippen LogP contribution is -2.60. The number of urea groups is 1. The first-order valence-electron chi connectivity index (χ1n) is 11.3. The van der Waals surface area contributed by atoms with Crippen molar-refractivity contribution in [2.75, 3.05) is 25.0 Å². The molecule has 0 bridgehead atoms. The number of nitrogens with one attached hydrogen (secondary N) is 4. The average Bonchev–Trinajstić information content (AvgIpc) is 3.31. The van der Waals surface area contributed by atoms with E-state index in [0.29, 0.717) is 25.1 Å². The van der Waals surface area contributed by atoms with Crippen molar-refractivity contribution in [2.45, 2.75) is 56.7 Å². The van der Waals surface area contributed by atoms with Gasteiger partial charge in [0.05, 0.1) is 6.04 Å². The molecular weight excluding hydrogens is 431 g/mol. The van der Waals surface area contributed by atoms with E-state index >= 15 is 0 Å². The minimum absolute atomic E-state index is 0.118. The topological polar surface area (TPSA) is 146 Å². The summed E-state index contributed by atoms with van der Waals surface area (Å²) in [7, 11) is 0. The van der Waals surface area contributed by atoms with Crippen molar-refractivity contribution in [3.63, 3.8) is 0 Å². The molecule has 2 heterocycles. The van der Waals surface area contributed by atoms with Crippen LogP contribution in [0.4, 0.5) is 14.9 Å². The highest BCUT2D eigenvalue weighted by Crippen LogP contribution is 2.21. The van der Waals surface area contributed by atoms with Crippen molar-refractivity contribution in [2.24, 2.45) is 5.73 Å². The third-order valence-electron chi connectivity index (χ3n) is 5.86. The molecule has 1 aromatic carbocycles. The number of carbonyl (C=O) groups excluding carboxylic acids is 4. The second-order valence-corrected chi connectivity index (χ2v) is 8.39. The van der Waals surface area contributed by atoms with E-state index in [-0.39, 0.29) is 43.3 Å². The van der Waals surface area contributed by atoms with Gasteiger partial charge in [0.25, 0.3) is 0 Å². The van der Waals surface area contributed by atoms with Crippen LogP contribution < -0.4 is 27.0 Å². The van der Waals surface area contributed by atoms with Gasteiger partial charge in [0.2, 0.25) is 17.7 Å². The van der Waals surface area contributed by atoms with E-state index in [1.54, 1.807) is 11.0 Å². The Morgan fingerprint density at radius 2 is 2.03 bits per heavy atom. The number of likely N-dealkylation sites (tertiary alicyclic amines) is 1. The molecule has 2 saturated heterocycles. The number of nitrogens with two attached hydrogens (primary N) is 1. The molecule has 0 aliphatic carbocycles. The van der Waals surface area contributed by atoms with Crippen molar-refractivity contribution in [1.82, 2.24) is 20.9 Å². The lowest BCUT2D eigenvalue weighted by atomic mass is 9.95. The van der Waals surface area contributed by atoms with Gasteiger partial charge in [-0.3, -0.25) is 14.4 Å². The van der Waals surface area contributed by atoms with Crippen LogP contribution in [0.3, 0.4) is 0 Å². The molecule has 0 saturated carbocycles. The number of halogens is 1. The van der Waals surface area contributed by atoms with E-state index in [1.807, 2.05) is 0 Å². The van der Waals surface area contributed by atoms with Crippen molar-refractivity contribution >= 4 is 29.4 Å². The Kier molecular flexibility index (Phi) is 8.58. The minimum Gasteiger partial charge on any atom is -0.370 e. The quantitative estimate of drug-likeness (QED) is 0.356. The first-order valence-corrected chi connectivity index (χ1v) is 11.3. The summed E-state index contributed by atoms with van der Waals surface area (Å²) in [6, 6.07) is 3.63. The summed E-state index contributed by atoms with van der Waals surface area (Å²) in [5.74, 6) is -1.36. The van der Waals surface area contributed by atoms with Crippen LogP contribution in [0, 0.1) is 5.82 Å². The molecule has 11 heteroatoms. The number of rotatable bonds is 8. The molecule has 33 heavy (non-hydrogen) atoms. The van der Waals surface area contributed by atoms with Gasteiger partial charge in [-0.05, 0) is 56.8 Å². The Morgan fingerprint density at radius 3 is 2.73 bits per heavy atom. The molecular formula is C22H31FN6O4. The molecule has 3 atom stereocenters. The zero-order valence-corrected chi connectivity index (χ0v) is 18.4. The number of benzene rings is 1. The highest BCUT2D eigenvalue weighted by molar-refractivity contribution is 5.91. The smallest absolute Gasteiger partial charge is 0.319 e. The fourth-order valence-corrected chi connectivity index (χ4v) is 4.22. The van der Waals surface area contributed by atoms with Gasteiger partial charge in [-0.25, -0.2) is 9.18 Å². The van der Waals surface area contributed by atoms with Crippen LogP contribution >= 0.6 is 0 Å². The molecule has 1 aromatic rings. The molecule has 2 fully saturated rings. The highest BCUT2D eigenvalue weighted by Gasteiger charge is 2.39. The monoisotopic (exact) mass is 462 g/mol. The fraction of sp³-hybridized carbons (Fsp3) is 0.545.